The van der Waals surface area contributed by atoms with Crippen LogP contribution in [0.25, 0.3) is 98.3 Å². The largest absolute Gasteiger partial charge is 0.246 e. The van der Waals surface area contributed by atoms with Gasteiger partial charge in [-0.05, 0) is 83.5 Å². The van der Waals surface area contributed by atoms with Crippen molar-refractivity contribution >= 4 is 64.8 Å². The van der Waals surface area contributed by atoms with Gasteiger partial charge in [-0.15, -0.1) is 0 Å². The van der Waals surface area contributed by atoms with Crippen LogP contribution >= 0.6 is 0 Å². The van der Waals surface area contributed by atoms with Gasteiger partial charge in [0.05, 0.1) is 11.2 Å². The quantitative estimate of drug-likeness (QED) is 0.141. The third kappa shape index (κ3) is 4.21. The van der Waals surface area contributed by atoms with Crippen molar-refractivity contribution in [1.29, 1.82) is 0 Å². The van der Waals surface area contributed by atoms with Crippen molar-refractivity contribution in [3.63, 3.8) is 0 Å². The van der Waals surface area contributed by atoms with E-state index in [2.05, 4.69) is 146 Å². The number of fused-ring (bicyclic) bond motifs is 10. The second-order valence-electron chi connectivity index (χ2n) is 12.7. The van der Waals surface area contributed by atoms with Crippen LogP contribution in [0.2, 0.25) is 0 Å². The zero-order valence-corrected chi connectivity index (χ0v) is 26.5. The average molecular weight is 626 g/mol. The van der Waals surface area contributed by atoms with Crippen LogP contribution in [0.1, 0.15) is 0 Å². The highest BCUT2D eigenvalue weighted by atomic mass is 19.1. The number of hydrogen-bond donors (Lipinski definition) is 0. The number of benzene rings is 9. The lowest BCUT2D eigenvalue weighted by atomic mass is 9.85. The molecule has 0 amide bonds. The Kier molecular flexibility index (Phi) is 6.13. The third-order valence-electron chi connectivity index (χ3n) is 10.1. The topological polar surface area (TPSA) is 12.9 Å². The van der Waals surface area contributed by atoms with E-state index in [4.69, 9.17) is 4.98 Å². The maximum absolute atomic E-state index is 14.1. The van der Waals surface area contributed by atoms with E-state index in [0.29, 0.717) is 0 Å². The summed E-state index contributed by atoms with van der Waals surface area (Å²) in [5, 5.41) is 12.9. The highest BCUT2D eigenvalue weighted by Gasteiger charge is 2.20. The number of rotatable bonds is 3. The molecule has 228 valence electrons. The van der Waals surface area contributed by atoms with Crippen molar-refractivity contribution in [2.24, 2.45) is 0 Å². The van der Waals surface area contributed by atoms with Gasteiger partial charge < -0.3 is 0 Å². The first kappa shape index (κ1) is 27.7. The van der Waals surface area contributed by atoms with Gasteiger partial charge in [-0.25, -0.2) is 9.37 Å². The number of halogens is 1. The van der Waals surface area contributed by atoms with E-state index in [0.717, 1.165) is 65.8 Å². The summed E-state index contributed by atoms with van der Waals surface area (Å²) >= 11 is 0. The molecule has 2 heteroatoms. The second-order valence-corrected chi connectivity index (χ2v) is 12.7. The van der Waals surface area contributed by atoms with Crippen molar-refractivity contribution in [1.82, 2.24) is 4.98 Å². The third-order valence-corrected chi connectivity index (χ3v) is 10.1. The molecule has 10 aromatic rings. The predicted octanol–water partition coefficient (Wildman–Crippen LogP) is 13.1. The van der Waals surface area contributed by atoms with Gasteiger partial charge in [0.15, 0.2) is 0 Å². The first-order chi connectivity index (χ1) is 24.2. The maximum Gasteiger partial charge on any atom is 0.123 e. The van der Waals surface area contributed by atoms with E-state index in [1.807, 2.05) is 12.1 Å². The summed E-state index contributed by atoms with van der Waals surface area (Å²) in [6.07, 6.45) is 0. The summed E-state index contributed by atoms with van der Waals surface area (Å²) in [5.41, 5.74) is 7.52. The molecule has 1 nitrogen and oxygen atoms in total. The van der Waals surface area contributed by atoms with Gasteiger partial charge in [-0.3, -0.25) is 0 Å². The molecule has 49 heavy (non-hydrogen) atoms. The van der Waals surface area contributed by atoms with Crippen molar-refractivity contribution in [2.75, 3.05) is 0 Å². The zero-order valence-electron chi connectivity index (χ0n) is 26.5. The molecule has 0 radical (unpaired) electrons. The van der Waals surface area contributed by atoms with Crippen molar-refractivity contribution in [3.05, 3.63) is 176 Å². The Balaban J connectivity index is 1.36. The second kappa shape index (κ2) is 10.8. The lowest BCUT2D eigenvalue weighted by Gasteiger charge is -2.19. The van der Waals surface area contributed by atoms with Crippen LogP contribution in [0.4, 0.5) is 4.39 Å². The molecule has 0 aliphatic carbocycles. The van der Waals surface area contributed by atoms with Gasteiger partial charge in [0.1, 0.15) is 5.82 Å². The minimum Gasteiger partial charge on any atom is -0.246 e. The minimum absolute atomic E-state index is 0.235. The Hall–Kier alpha value is -6.38. The molecule has 1 heterocycles. The highest BCUT2D eigenvalue weighted by molar-refractivity contribution is 6.32. The van der Waals surface area contributed by atoms with Crippen molar-refractivity contribution < 1.29 is 4.39 Å². The molecular formula is C47H28FN. The molecule has 0 atom stereocenters. The summed E-state index contributed by atoms with van der Waals surface area (Å²) in [5.74, 6) is -0.235. The van der Waals surface area contributed by atoms with E-state index in [1.165, 1.54) is 32.5 Å². The fourth-order valence-corrected chi connectivity index (χ4v) is 7.98. The monoisotopic (exact) mass is 625 g/mol. The number of pyridine rings is 1. The molecular weight excluding hydrogens is 598 g/mol. The Morgan fingerprint density at radius 2 is 0.776 bits per heavy atom. The maximum atomic E-state index is 14.1. The Labute approximate surface area is 282 Å². The van der Waals surface area contributed by atoms with E-state index in [9.17, 15) is 4.39 Å². The van der Waals surface area contributed by atoms with E-state index < -0.39 is 0 Å². The summed E-state index contributed by atoms with van der Waals surface area (Å²) in [6, 6.07) is 58.9. The van der Waals surface area contributed by atoms with Crippen LogP contribution in [0.3, 0.4) is 0 Å². The van der Waals surface area contributed by atoms with E-state index in [-0.39, 0.29) is 5.82 Å². The van der Waals surface area contributed by atoms with Gasteiger partial charge in [0.2, 0.25) is 0 Å². The molecule has 0 N–H and O–H groups in total. The molecule has 0 spiro atoms. The van der Waals surface area contributed by atoms with Crippen LogP contribution in [0.15, 0.2) is 170 Å². The molecule has 0 aliphatic rings. The fourth-order valence-electron chi connectivity index (χ4n) is 7.98. The minimum atomic E-state index is -0.235. The van der Waals surface area contributed by atoms with Crippen LogP contribution in [0.5, 0.6) is 0 Å². The molecule has 0 saturated carbocycles. The lowest BCUT2D eigenvalue weighted by molar-refractivity contribution is 0.628. The fraction of sp³-hybridized carbons (Fsp3) is 0. The van der Waals surface area contributed by atoms with Crippen LogP contribution in [0, 0.1) is 5.82 Å². The van der Waals surface area contributed by atoms with Crippen molar-refractivity contribution in [2.45, 2.75) is 0 Å². The molecule has 0 saturated heterocycles. The van der Waals surface area contributed by atoms with Gasteiger partial charge in [-0.1, -0.05) is 152 Å². The molecule has 1 aromatic heterocycles. The lowest BCUT2D eigenvalue weighted by Crippen LogP contribution is -1.94. The summed E-state index contributed by atoms with van der Waals surface area (Å²) in [6.45, 7) is 0. The molecule has 10 rings (SSSR count). The SMILES string of the molecule is Fc1ccc(-c2c3ccccc3c(-c3ccc4c(c3)c(-c3ccccc3)nc3c5ccccc5c5ccccc5c43)c3ccccc23)cc1. The summed E-state index contributed by atoms with van der Waals surface area (Å²) < 4.78 is 14.1. The number of aromatic nitrogens is 1. The Morgan fingerprint density at radius 3 is 1.39 bits per heavy atom. The zero-order chi connectivity index (χ0) is 32.5. The molecule has 0 aliphatic heterocycles. The standard InChI is InChI=1S/C47H28FN/c48-32-25-22-29(23-26-32)43-36-17-7-9-19-38(36)44(39-20-10-8-18-37(39)43)31-24-27-40-42(28-31)46(30-12-2-1-3-13-30)49-47-41-21-11-5-15-34(41)33-14-4-6-16-35(33)45(40)47/h1-28H. The van der Waals surface area contributed by atoms with Gasteiger partial charge in [0.25, 0.3) is 0 Å². The number of nitrogens with zero attached hydrogens (tertiary/aromatic N) is 1. The molecule has 0 fully saturated rings. The number of hydrogen-bond acceptors (Lipinski definition) is 1. The normalized spacial score (nSPS) is 11.8. The molecule has 9 aromatic carbocycles. The van der Waals surface area contributed by atoms with Crippen LogP contribution < -0.4 is 0 Å². The first-order valence-electron chi connectivity index (χ1n) is 16.7. The molecule has 0 bridgehead atoms. The Bertz CT molecular complexity index is 2870. The van der Waals surface area contributed by atoms with E-state index in [1.54, 1.807) is 12.1 Å². The van der Waals surface area contributed by atoms with Gasteiger partial charge >= 0.3 is 0 Å². The predicted molar refractivity (Wildman–Crippen MR) is 206 cm³/mol. The van der Waals surface area contributed by atoms with Gasteiger partial charge in [-0.2, -0.15) is 0 Å². The summed E-state index contributed by atoms with van der Waals surface area (Å²) in [4.78, 5) is 5.54. The highest BCUT2D eigenvalue weighted by Crippen LogP contribution is 2.46. The van der Waals surface area contributed by atoms with Crippen LogP contribution in [-0.4, -0.2) is 4.98 Å². The average Bonchev–Trinajstić information content (AvgIpc) is 3.17. The Morgan fingerprint density at radius 1 is 0.327 bits per heavy atom. The smallest absolute Gasteiger partial charge is 0.123 e. The van der Waals surface area contributed by atoms with E-state index >= 15 is 0 Å². The first-order valence-corrected chi connectivity index (χ1v) is 16.7. The summed E-state index contributed by atoms with van der Waals surface area (Å²) in [7, 11) is 0. The van der Waals surface area contributed by atoms with Crippen LogP contribution in [-0.2, 0) is 0 Å². The van der Waals surface area contributed by atoms with Crippen molar-refractivity contribution in [3.8, 4) is 33.5 Å². The molecule has 0 unspecified atom stereocenters. The van der Waals surface area contributed by atoms with Gasteiger partial charge in [0, 0.05) is 21.7 Å².